The maximum Gasteiger partial charge on any atom is 0.0314 e. The lowest BCUT2D eigenvalue weighted by atomic mass is 9.78. The molecule has 1 aromatic rings. The highest BCUT2D eigenvalue weighted by molar-refractivity contribution is 9.10. The molecule has 1 heterocycles. The van der Waals surface area contributed by atoms with Gasteiger partial charge in [0, 0.05) is 15.9 Å². The van der Waals surface area contributed by atoms with E-state index < -0.39 is 0 Å². The first-order valence-electron chi connectivity index (χ1n) is 6.60. The molecule has 0 spiro atoms. The largest absolute Gasteiger partial charge is 0.316 e. The van der Waals surface area contributed by atoms with Gasteiger partial charge >= 0.3 is 0 Å². The van der Waals surface area contributed by atoms with Gasteiger partial charge in [-0.3, -0.25) is 0 Å². The van der Waals surface area contributed by atoms with E-state index in [4.69, 9.17) is 0 Å². The van der Waals surface area contributed by atoms with E-state index in [2.05, 4.69) is 53.5 Å². The second kappa shape index (κ2) is 7.55. The molecule has 0 saturated carbocycles. The monoisotopic (exact) mass is 317 g/mol. The number of hydrogen-bond donors (Lipinski definition) is 1. The number of rotatable bonds is 8. The quantitative estimate of drug-likeness (QED) is 0.675. The fraction of sp³-hybridized carbons (Fsp3) is 0.714. The second-order valence-corrected chi connectivity index (χ2v) is 6.61. The maximum absolute atomic E-state index is 3.65. The van der Waals surface area contributed by atoms with Gasteiger partial charge in [-0.15, -0.1) is 11.3 Å². The highest BCUT2D eigenvalue weighted by Gasteiger charge is 2.27. The van der Waals surface area contributed by atoms with Crippen LogP contribution in [0.15, 0.2) is 15.9 Å². The Morgan fingerprint density at radius 3 is 2.47 bits per heavy atom. The zero-order valence-corrected chi connectivity index (χ0v) is 13.6. The summed E-state index contributed by atoms with van der Waals surface area (Å²) in [5.74, 6) is 0. The van der Waals surface area contributed by atoms with Gasteiger partial charge in [-0.05, 0) is 65.0 Å². The molecular formula is C14H24BrNS. The topological polar surface area (TPSA) is 12.0 Å². The van der Waals surface area contributed by atoms with Gasteiger partial charge in [-0.2, -0.15) is 0 Å². The van der Waals surface area contributed by atoms with Crippen LogP contribution in [0.5, 0.6) is 0 Å². The molecule has 0 atom stereocenters. The SMILES string of the molecule is CCCNCC(CC)(CC)Cc1sccc1Br. The lowest BCUT2D eigenvalue weighted by molar-refractivity contribution is 0.248. The fourth-order valence-electron chi connectivity index (χ4n) is 2.13. The molecule has 3 heteroatoms. The van der Waals surface area contributed by atoms with E-state index in [9.17, 15) is 0 Å². The van der Waals surface area contributed by atoms with Gasteiger partial charge in [0.2, 0.25) is 0 Å². The van der Waals surface area contributed by atoms with Gasteiger partial charge in [-0.1, -0.05) is 20.8 Å². The molecule has 0 aliphatic carbocycles. The van der Waals surface area contributed by atoms with Crippen LogP contribution in [0.25, 0.3) is 0 Å². The number of thiophene rings is 1. The van der Waals surface area contributed by atoms with Crippen molar-refractivity contribution >= 4 is 27.3 Å². The van der Waals surface area contributed by atoms with Crippen LogP contribution in [0.2, 0.25) is 0 Å². The number of nitrogens with one attached hydrogen (secondary N) is 1. The van der Waals surface area contributed by atoms with Crippen molar-refractivity contribution in [3.05, 3.63) is 20.8 Å². The van der Waals surface area contributed by atoms with E-state index in [0.717, 1.165) is 13.1 Å². The van der Waals surface area contributed by atoms with Crippen LogP contribution in [0, 0.1) is 5.41 Å². The van der Waals surface area contributed by atoms with Crippen LogP contribution in [-0.4, -0.2) is 13.1 Å². The highest BCUT2D eigenvalue weighted by Crippen LogP contribution is 2.35. The summed E-state index contributed by atoms with van der Waals surface area (Å²) in [6.07, 6.45) is 4.89. The van der Waals surface area contributed by atoms with E-state index in [1.807, 2.05) is 11.3 Å². The predicted octanol–water partition coefficient (Wildman–Crippen LogP) is 4.86. The minimum atomic E-state index is 0.419. The van der Waals surface area contributed by atoms with Crippen molar-refractivity contribution in [1.82, 2.24) is 5.32 Å². The van der Waals surface area contributed by atoms with Crippen molar-refractivity contribution in [2.24, 2.45) is 5.41 Å². The maximum atomic E-state index is 3.65. The molecule has 1 rings (SSSR count). The molecule has 0 radical (unpaired) electrons. The Morgan fingerprint density at radius 2 is 2.00 bits per heavy atom. The van der Waals surface area contributed by atoms with Crippen LogP contribution >= 0.6 is 27.3 Å². The molecule has 0 fully saturated rings. The Kier molecular flexibility index (Phi) is 6.75. The molecule has 1 N–H and O–H groups in total. The van der Waals surface area contributed by atoms with Gasteiger partial charge in [-0.25, -0.2) is 0 Å². The molecule has 0 bridgehead atoms. The summed E-state index contributed by atoms with van der Waals surface area (Å²) in [5.41, 5.74) is 0.419. The molecule has 98 valence electrons. The van der Waals surface area contributed by atoms with Crippen molar-refractivity contribution in [3.8, 4) is 0 Å². The molecule has 1 aromatic heterocycles. The smallest absolute Gasteiger partial charge is 0.0314 e. The molecular weight excluding hydrogens is 294 g/mol. The Morgan fingerprint density at radius 1 is 1.29 bits per heavy atom. The van der Waals surface area contributed by atoms with Crippen molar-refractivity contribution in [2.75, 3.05) is 13.1 Å². The molecule has 0 aliphatic heterocycles. The predicted molar refractivity (Wildman–Crippen MR) is 81.9 cm³/mol. The minimum absolute atomic E-state index is 0.419. The van der Waals surface area contributed by atoms with Crippen LogP contribution < -0.4 is 5.32 Å². The summed E-state index contributed by atoms with van der Waals surface area (Å²) >= 11 is 5.52. The van der Waals surface area contributed by atoms with E-state index in [1.165, 1.54) is 35.0 Å². The van der Waals surface area contributed by atoms with Crippen molar-refractivity contribution in [3.63, 3.8) is 0 Å². The molecule has 0 aliphatic rings. The first-order chi connectivity index (χ1) is 8.17. The normalized spacial score (nSPS) is 12.0. The fourth-order valence-corrected chi connectivity index (χ4v) is 3.80. The third-order valence-corrected chi connectivity index (χ3v) is 5.58. The van der Waals surface area contributed by atoms with Crippen LogP contribution in [0.4, 0.5) is 0 Å². The number of halogens is 1. The van der Waals surface area contributed by atoms with E-state index in [0.29, 0.717) is 5.41 Å². The summed E-state index contributed by atoms with van der Waals surface area (Å²) in [4.78, 5) is 1.49. The van der Waals surface area contributed by atoms with Gasteiger partial charge in [0.25, 0.3) is 0 Å². The van der Waals surface area contributed by atoms with Gasteiger partial charge < -0.3 is 5.32 Å². The van der Waals surface area contributed by atoms with Crippen molar-refractivity contribution in [1.29, 1.82) is 0 Å². The molecule has 0 amide bonds. The van der Waals surface area contributed by atoms with Crippen LogP contribution in [0.3, 0.4) is 0 Å². The Hall–Kier alpha value is 0.140. The second-order valence-electron chi connectivity index (χ2n) is 4.75. The first kappa shape index (κ1) is 15.2. The summed E-state index contributed by atoms with van der Waals surface area (Å²) in [5, 5.41) is 5.77. The summed E-state index contributed by atoms with van der Waals surface area (Å²) in [6.45, 7) is 9.13. The average Bonchev–Trinajstić information content (AvgIpc) is 2.74. The molecule has 0 unspecified atom stereocenters. The van der Waals surface area contributed by atoms with Gasteiger partial charge in [0.1, 0.15) is 0 Å². The molecule has 0 saturated heterocycles. The Bertz CT molecular complexity index is 318. The standard InChI is InChI=1S/C14H24BrNS/c1-4-8-16-11-14(5-2,6-3)10-13-12(15)7-9-17-13/h7,9,16H,4-6,8,10-11H2,1-3H3. The Balaban J connectivity index is 2.67. The molecule has 0 aromatic carbocycles. The molecule has 17 heavy (non-hydrogen) atoms. The zero-order chi connectivity index (χ0) is 12.7. The third kappa shape index (κ3) is 4.38. The zero-order valence-electron chi connectivity index (χ0n) is 11.2. The summed E-state index contributed by atoms with van der Waals surface area (Å²) in [6, 6.07) is 2.16. The van der Waals surface area contributed by atoms with E-state index in [-0.39, 0.29) is 0 Å². The van der Waals surface area contributed by atoms with Crippen LogP contribution in [-0.2, 0) is 6.42 Å². The highest BCUT2D eigenvalue weighted by atomic mass is 79.9. The van der Waals surface area contributed by atoms with Crippen molar-refractivity contribution < 1.29 is 0 Å². The average molecular weight is 318 g/mol. The first-order valence-corrected chi connectivity index (χ1v) is 8.27. The molecule has 1 nitrogen and oxygen atoms in total. The lowest BCUT2D eigenvalue weighted by Gasteiger charge is -2.32. The number of hydrogen-bond acceptors (Lipinski definition) is 2. The van der Waals surface area contributed by atoms with Crippen LogP contribution in [0.1, 0.15) is 44.9 Å². The summed E-state index contributed by atoms with van der Waals surface area (Å²) in [7, 11) is 0. The third-order valence-electron chi connectivity index (χ3n) is 3.65. The minimum Gasteiger partial charge on any atom is -0.316 e. The Labute approximate surface area is 118 Å². The van der Waals surface area contributed by atoms with Gasteiger partial charge in [0.05, 0.1) is 0 Å². The van der Waals surface area contributed by atoms with Gasteiger partial charge in [0.15, 0.2) is 0 Å². The summed E-state index contributed by atoms with van der Waals surface area (Å²) < 4.78 is 1.28. The van der Waals surface area contributed by atoms with Crippen molar-refractivity contribution in [2.45, 2.75) is 46.5 Å². The van der Waals surface area contributed by atoms with E-state index >= 15 is 0 Å². The lowest BCUT2D eigenvalue weighted by Crippen LogP contribution is -2.35. The van der Waals surface area contributed by atoms with E-state index in [1.54, 1.807) is 0 Å².